The molecule has 0 aliphatic rings. The Bertz CT molecular complexity index is 540. The molecule has 0 atom stereocenters. The molecule has 2 amide bonds. The average Bonchev–Trinajstić information content (AvgIpc) is 2.40. The Labute approximate surface area is 124 Å². The molecule has 0 aromatic heterocycles. The van der Waals surface area contributed by atoms with Crippen LogP contribution in [0.5, 0.6) is 0 Å². The van der Waals surface area contributed by atoms with E-state index in [-0.39, 0.29) is 6.42 Å². The quantitative estimate of drug-likeness (QED) is 0.693. The van der Waals surface area contributed by atoms with Crippen molar-refractivity contribution in [1.29, 1.82) is 5.26 Å². The average molecular weight is 340 g/mol. The molecule has 0 unspecified atom stereocenters. The minimum Gasteiger partial charge on any atom is -0.481 e. The van der Waals surface area contributed by atoms with E-state index in [9.17, 15) is 9.59 Å². The summed E-state index contributed by atoms with van der Waals surface area (Å²) >= 11 is 3.25. The van der Waals surface area contributed by atoms with Crippen LogP contribution in [0.2, 0.25) is 0 Å². The second-order valence-corrected chi connectivity index (χ2v) is 4.95. The van der Waals surface area contributed by atoms with Crippen molar-refractivity contribution in [1.82, 2.24) is 5.32 Å². The number of urea groups is 1. The van der Waals surface area contributed by atoms with Gasteiger partial charge in [0, 0.05) is 17.4 Å². The van der Waals surface area contributed by atoms with Crippen LogP contribution in [-0.2, 0) is 4.79 Å². The van der Waals surface area contributed by atoms with Crippen molar-refractivity contribution < 1.29 is 14.7 Å². The molecule has 1 aromatic rings. The van der Waals surface area contributed by atoms with Gasteiger partial charge in [0.05, 0.1) is 11.3 Å². The number of unbranched alkanes of at least 4 members (excludes halogenated alkanes) is 1. The van der Waals surface area contributed by atoms with Crippen molar-refractivity contribution >= 4 is 33.6 Å². The number of nitriles is 1. The van der Waals surface area contributed by atoms with Gasteiger partial charge < -0.3 is 15.7 Å². The molecule has 1 aromatic carbocycles. The van der Waals surface area contributed by atoms with Crippen molar-refractivity contribution in [3.05, 3.63) is 28.2 Å². The highest BCUT2D eigenvalue weighted by Crippen LogP contribution is 2.20. The molecule has 0 fully saturated rings. The van der Waals surface area contributed by atoms with Crippen LogP contribution >= 0.6 is 15.9 Å². The molecule has 0 radical (unpaired) electrons. The lowest BCUT2D eigenvalue weighted by Crippen LogP contribution is -2.29. The fraction of sp³-hybridized carbons (Fsp3) is 0.308. The number of carbonyl (C=O) groups is 2. The number of carboxylic acid groups (broad SMARTS) is 1. The summed E-state index contributed by atoms with van der Waals surface area (Å²) in [5.41, 5.74) is 0.791. The van der Waals surface area contributed by atoms with Gasteiger partial charge in [-0.25, -0.2) is 4.79 Å². The maximum atomic E-state index is 11.6. The Morgan fingerprint density at radius 2 is 2.10 bits per heavy atom. The lowest BCUT2D eigenvalue weighted by molar-refractivity contribution is -0.137. The lowest BCUT2D eigenvalue weighted by Gasteiger charge is -2.08. The molecule has 0 saturated carbocycles. The standard InChI is InChI=1S/C13H14BrN3O3/c14-10-4-5-11(9(7-10)8-15)17-13(20)16-6-2-1-3-12(18)19/h4-5,7H,1-3,6H2,(H,18,19)(H2,16,17,20). The molecule has 0 heterocycles. The highest BCUT2D eigenvalue weighted by atomic mass is 79.9. The molecule has 0 aliphatic carbocycles. The monoisotopic (exact) mass is 339 g/mol. The number of nitrogens with one attached hydrogen (secondary N) is 2. The molecular weight excluding hydrogens is 326 g/mol. The zero-order chi connectivity index (χ0) is 15.0. The normalized spacial score (nSPS) is 9.60. The predicted octanol–water partition coefficient (Wildman–Crippen LogP) is 2.70. The van der Waals surface area contributed by atoms with E-state index in [0.717, 1.165) is 4.47 Å². The Balaban J connectivity index is 2.39. The Hall–Kier alpha value is -2.07. The molecule has 7 heteroatoms. The van der Waals surface area contributed by atoms with E-state index in [4.69, 9.17) is 10.4 Å². The van der Waals surface area contributed by atoms with Gasteiger partial charge in [-0.1, -0.05) is 15.9 Å². The van der Waals surface area contributed by atoms with Crippen LogP contribution in [0.1, 0.15) is 24.8 Å². The minimum atomic E-state index is -0.844. The number of nitrogens with zero attached hydrogens (tertiary/aromatic N) is 1. The van der Waals surface area contributed by atoms with Crippen LogP contribution in [0.25, 0.3) is 0 Å². The number of halogens is 1. The van der Waals surface area contributed by atoms with Gasteiger partial charge in [0.1, 0.15) is 6.07 Å². The largest absolute Gasteiger partial charge is 0.481 e. The summed E-state index contributed by atoms with van der Waals surface area (Å²) in [4.78, 5) is 21.9. The topological polar surface area (TPSA) is 102 Å². The third-order valence-electron chi connectivity index (χ3n) is 2.45. The van der Waals surface area contributed by atoms with Crippen LogP contribution in [0.3, 0.4) is 0 Å². The minimum absolute atomic E-state index is 0.0919. The van der Waals surface area contributed by atoms with Gasteiger partial charge in [0.25, 0.3) is 0 Å². The number of rotatable bonds is 6. The zero-order valence-electron chi connectivity index (χ0n) is 10.6. The van der Waals surface area contributed by atoms with Gasteiger partial charge in [0.2, 0.25) is 0 Å². The van der Waals surface area contributed by atoms with Crippen LogP contribution in [0.4, 0.5) is 10.5 Å². The van der Waals surface area contributed by atoms with Gasteiger partial charge in [-0.05, 0) is 31.0 Å². The number of hydrogen-bond acceptors (Lipinski definition) is 3. The summed E-state index contributed by atoms with van der Waals surface area (Å²) in [6.07, 6.45) is 1.19. The predicted molar refractivity (Wildman–Crippen MR) is 77.4 cm³/mol. The SMILES string of the molecule is N#Cc1cc(Br)ccc1NC(=O)NCCCCC(=O)O. The maximum Gasteiger partial charge on any atom is 0.319 e. The Kier molecular flexibility index (Phi) is 6.53. The molecule has 0 saturated heterocycles. The van der Waals surface area contributed by atoms with E-state index >= 15 is 0 Å². The molecule has 20 heavy (non-hydrogen) atoms. The number of aliphatic carboxylic acids is 1. The van der Waals surface area contributed by atoms with Gasteiger partial charge in [0.15, 0.2) is 0 Å². The van der Waals surface area contributed by atoms with Gasteiger partial charge in [-0.15, -0.1) is 0 Å². The van der Waals surface area contributed by atoms with E-state index in [1.165, 1.54) is 0 Å². The Morgan fingerprint density at radius 3 is 2.75 bits per heavy atom. The van der Waals surface area contributed by atoms with Crippen LogP contribution in [0.15, 0.2) is 22.7 Å². The molecule has 6 nitrogen and oxygen atoms in total. The molecule has 3 N–H and O–H groups in total. The van der Waals surface area contributed by atoms with E-state index in [1.54, 1.807) is 18.2 Å². The fourth-order valence-electron chi connectivity index (χ4n) is 1.49. The van der Waals surface area contributed by atoms with Crippen LogP contribution < -0.4 is 10.6 Å². The molecule has 0 aliphatic heterocycles. The van der Waals surface area contributed by atoms with Crippen molar-refractivity contribution in [3.63, 3.8) is 0 Å². The number of hydrogen-bond donors (Lipinski definition) is 3. The smallest absolute Gasteiger partial charge is 0.319 e. The number of amides is 2. The highest BCUT2D eigenvalue weighted by molar-refractivity contribution is 9.10. The van der Waals surface area contributed by atoms with E-state index in [2.05, 4.69) is 26.6 Å². The summed E-state index contributed by atoms with van der Waals surface area (Å²) in [5, 5.41) is 22.6. The second kappa shape index (κ2) is 8.17. The van der Waals surface area contributed by atoms with Crippen molar-refractivity contribution in [2.45, 2.75) is 19.3 Å². The van der Waals surface area contributed by atoms with Crippen molar-refractivity contribution in [2.75, 3.05) is 11.9 Å². The molecular formula is C13H14BrN3O3. The van der Waals surface area contributed by atoms with E-state index < -0.39 is 12.0 Å². The highest BCUT2D eigenvalue weighted by Gasteiger charge is 2.06. The third-order valence-corrected chi connectivity index (χ3v) is 2.95. The van der Waals surface area contributed by atoms with Gasteiger partial charge in [-0.3, -0.25) is 4.79 Å². The van der Waals surface area contributed by atoms with Gasteiger partial charge >= 0.3 is 12.0 Å². The molecule has 0 bridgehead atoms. The zero-order valence-corrected chi connectivity index (χ0v) is 12.2. The summed E-state index contributed by atoms with van der Waals surface area (Å²) < 4.78 is 0.758. The first-order valence-electron chi connectivity index (χ1n) is 5.99. The fourth-order valence-corrected chi connectivity index (χ4v) is 1.85. The molecule has 0 spiro atoms. The summed E-state index contributed by atoms with van der Waals surface area (Å²) in [5.74, 6) is -0.844. The first-order valence-corrected chi connectivity index (χ1v) is 6.78. The molecule has 106 valence electrons. The Morgan fingerprint density at radius 1 is 1.35 bits per heavy atom. The third kappa shape index (κ3) is 5.71. The van der Waals surface area contributed by atoms with Crippen molar-refractivity contribution in [2.24, 2.45) is 0 Å². The molecule has 1 rings (SSSR count). The van der Waals surface area contributed by atoms with Crippen LogP contribution in [0, 0.1) is 11.3 Å². The number of carboxylic acids is 1. The first kappa shape index (κ1) is 16.0. The van der Waals surface area contributed by atoms with E-state index in [0.29, 0.717) is 30.6 Å². The van der Waals surface area contributed by atoms with Crippen LogP contribution in [-0.4, -0.2) is 23.7 Å². The first-order chi connectivity index (χ1) is 9.52. The summed E-state index contributed by atoms with van der Waals surface area (Å²) in [7, 11) is 0. The lowest BCUT2D eigenvalue weighted by atomic mass is 10.2. The number of benzene rings is 1. The van der Waals surface area contributed by atoms with Crippen molar-refractivity contribution in [3.8, 4) is 6.07 Å². The second-order valence-electron chi connectivity index (χ2n) is 4.03. The number of carbonyl (C=O) groups excluding carboxylic acids is 1. The maximum absolute atomic E-state index is 11.6. The number of anilines is 1. The van der Waals surface area contributed by atoms with Gasteiger partial charge in [-0.2, -0.15) is 5.26 Å². The van der Waals surface area contributed by atoms with E-state index in [1.807, 2.05) is 6.07 Å². The summed E-state index contributed by atoms with van der Waals surface area (Å²) in [6, 6.07) is 6.55. The summed E-state index contributed by atoms with van der Waals surface area (Å²) in [6.45, 7) is 0.386.